The fourth-order valence-corrected chi connectivity index (χ4v) is 3.29. The highest BCUT2D eigenvalue weighted by atomic mass is 16.5. The zero-order valence-corrected chi connectivity index (χ0v) is 16.1. The minimum absolute atomic E-state index is 0.164. The third kappa shape index (κ3) is 3.67. The molecule has 0 radical (unpaired) electrons. The van der Waals surface area contributed by atoms with Crippen LogP contribution in [0.3, 0.4) is 0 Å². The van der Waals surface area contributed by atoms with Crippen molar-refractivity contribution >= 4 is 11.9 Å². The zero-order valence-electron chi connectivity index (χ0n) is 16.1. The Morgan fingerprint density at radius 1 is 1.30 bits per heavy atom. The van der Waals surface area contributed by atoms with E-state index in [0.717, 1.165) is 23.3 Å². The van der Waals surface area contributed by atoms with Gasteiger partial charge in [-0.2, -0.15) is 0 Å². The van der Waals surface area contributed by atoms with Gasteiger partial charge in [-0.25, -0.2) is 4.79 Å². The van der Waals surface area contributed by atoms with E-state index in [1.165, 1.54) is 12.0 Å². The van der Waals surface area contributed by atoms with Crippen molar-refractivity contribution < 1.29 is 23.6 Å². The molecule has 3 rings (SSSR count). The Morgan fingerprint density at radius 3 is 2.81 bits per heavy atom. The maximum Gasteiger partial charge on any atom is 0.328 e. The first-order valence-electron chi connectivity index (χ1n) is 8.97. The number of hydrogen-bond acceptors (Lipinski definition) is 6. The molecule has 27 heavy (non-hydrogen) atoms. The van der Waals surface area contributed by atoms with Crippen LogP contribution in [0.15, 0.2) is 22.7 Å². The number of methoxy groups -OCH3 is 1. The predicted molar refractivity (Wildman–Crippen MR) is 97.6 cm³/mol. The molecular formula is C20H24N2O5. The molecule has 1 aromatic heterocycles. The molecule has 1 atom stereocenters. The molecule has 2 aromatic rings. The largest absolute Gasteiger partial charge is 0.488 e. The Labute approximate surface area is 158 Å². The first kappa shape index (κ1) is 18.9. The minimum Gasteiger partial charge on any atom is -0.488 e. The molecule has 0 spiro atoms. The van der Waals surface area contributed by atoms with E-state index in [2.05, 4.69) is 5.16 Å². The molecule has 2 heterocycles. The summed E-state index contributed by atoms with van der Waals surface area (Å²) < 4.78 is 16.0. The summed E-state index contributed by atoms with van der Waals surface area (Å²) in [6.45, 7) is 6.40. The zero-order chi connectivity index (χ0) is 19.6. The Kier molecular flexibility index (Phi) is 5.48. The molecule has 1 aromatic carbocycles. The highest BCUT2D eigenvalue weighted by Gasteiger charge is 2.37. The highest BCUT2D eigenvalue weighted by Crippen LogP contribution is 2.26. The van der Waals surface area contributed by atoms with Gasteiger partial charge in [-0.1, -0.05) is 17.3 Å². The van der Waals surface area contributed by atoms with Crippen LogP contribution < -0.4 is 4.74 Å². The number of aryl methyl sites for hydroxylation is 2. The first-order valence-corrected chi connectivity index (χ1v) is 8.97. The van der Waals surface area contributed by atoms with Crippen LogP contribution in [0.2, 0.25) is 0 Å². The van der Waals surface area contributed by atoms with Gasteiger partial charge in [0.25, 0.3) is 5.91 Å². The van der Waals surface area contributed by atoms with E-state index in [1.54, 1.807) is 6.92 Å². The van der Waals surface area contributed by atoms with Gasteiger partial charge in [-0.3, -0.25) is 4.79 Å². The van der Waals surface area contributed by atoms with Crippen molar-refractivity contribution in [2.75, 3.05) is 13.7 Å². The van der Waals surface area contributed by atoms with Gasteiger partial charge in [0.15, 0.2) is 5.69 Å². The van der Waals surface area contributed by atoms with E-state index in [1.807, 2.05) is 32.0 Å². The highest BCUT2D eigenvalue weighted by molar-refractivity contribution is 5.96. The van der Waals surface area contributed by atoms with Crippen LogP contribution in [0.4, 0.5) is 0 Å². The van der Waals surface area contributed by atoms with E-state index in [4.69, 9.17) is 14.0 Å². The maximum atomic E-state index is 13.0. The van der Waals surface area contributed by atoms with E-state index in [0.29, 0.717) is 24.3 Å². The molecule has 0 aliphatic carbocycles. The van der Waals surface area contributed by atoms with Gasteiger partial charge < -0.3 is 18.9 Å². The Hall–Kier alpha value is -2.83. The second-order valence-corrected chi connectivity index (χ2v) is 6.73. The molecule has 144 valence electrons. The van der Waals surface area contributed by atoms with Crippen molar-refractivity contribution in [3.63, 3.8) is 0 Å². The summed E-state index contributed by atoms with van der Waals surface area (Å²) in [4.78, 5) is 26.4. The van der Waals surface area contributed by atoms with Gasteiger partial charge in [0.2, 0.25) is 0 Å². The molecule has 1 fully saturated rings. The Bertz CT molecular complexity index is 858. The lowest BCUT2D eigenvalue weighted by atomic mass is 10.1. The van der Waals surface area contributed by atoms with Crippen LogP contribution in [0.25, 0.3) is 0 Å². The number of carbonyl (C=O) groups excluding carboxylic acids is 2. The average Bonchev–Trinajstić information content (AvgIpc) is 3.29. The van der Waals surface area contributed by atoms with Gasteiger partial charge in [0, 0.05) is 6.54 Å². The number of benzene rings is 1. The molecule has 1 unspecified atom stereocenters. The summed E-state index contributed by atoms with van der Waals surface area (Å²) in [6, 6.07) is 5.25. The van der Waals surface area contributed by atoms with Crippen molar-refractivity contribution in [3.05, 3.63) is 46.3 Å². The SMILES string of the molecule is COC(=O)C1CCCN1C(=O)c1noc(C)c1COc1cccc(C)c1C. The van der Waals surface area contributed by atoms with E-state index < -0.39 is 12.0 Å². The number of esters is 1. The average molecular weight is 372 g/mol. The quantitative estimate of drug-likeness (QED) is 0.751. The van der Waals surface area contributed by atoms with Gasteiger partial charge in [-0.05, 0) is 50.8 Å². The lowest BCUT2D eigenvalue weighted by Gasteiger charge is -2.22. The van der Waals surface area contributed by atoms with Crippen LogP contribution in [0.5, 0.6) is 5.75 Å². The summed E-state index contributed by atoms with van der Waals surface area (Å²) in [6.07, 6.45) is 1.33. The number of nitrogens with zero attached hydrogens (tertiary/aromatic N) is 2. The molecule has 1 aliphatic heterocycles. The predicted octanol–water partition coefficient (Wildman–Crippen LogP) is 2.96. The molecule has 1 amide bonds. The number of ether oxygens (including phenoxy) is 2. The normalized spacial score (nSPS) is 16.4. The Balaban J connectivity index is 1.81. The molecule has 1 aliphatic rings. The summed E-state index contributed by atoms with van der Waals surface area (Å²) in [7, 11) is 1.33. The number of amides is 1. The van der Waals surface area contributed by atoms with Gasteiger partial charge in [0.05, 0.1) is 12.7 Å². The summed E-state index contributed by atoms with van der Waals surface area (Å²) >= 11 is 0. The topological polar surface area (TPSA) is 81.9 Å². The molecule has 0 saturated carbocycles. The summed E-state index contributed by atoms with van der Waals surface area (Å²) in [5.74, 6) is 0.536. The Morgan fingerprint density at radius 2 is 2.07 bits per heavy atom. The van der Waals surface area contributed by atoms with Gasteiger partial charge in [0.1, 0.15) is 24.2 Å². The smallest absolute Gasteiger partial charge is 0.328 e. The lowest BCUT2D eigenvalue weighted by Crippen LogP contribution is -2.41. The number of carbonyl (C=O) groups is 2. The van der Waals surface area contributed by atoms with Gasteiger partial charge >= 0.3 is 5.97 Å². The molecule has 7 heteroatoms. The number of likely N-dealkylation sites (tertiary alicyclic amines) is 1. The summed E-state index contributed by atoms with van der Waals surface area (Å²) in [5.41, 5.74) is 2.96. The van der Waals surface area contributed by atoms with Crippen molar-refractivity contribution in [3.8, 4) is 5.75 Å². The fourth-order valence-electron chi connectivity index (χ4n) is 3.29. The van der Waals surface area contributed by atoms with E-state index >= 15 is 0 Å². The minimum atomic E-state index is -0.577. The molecule has 0 N–H and O–H groups in total. The third-order valence-corrected chi connectivity index (χ3v) is 5.10. The molecule has 1 saturated heterocycles. The third-order valence-electron chi connectivity index (χ3n) is 5.10. The first-order chi connectivity index (χ1) is 12.9. The van der Waals surface area contributed by atoms with Crippen LogP contribution >= 0.6 is 0 Å². The van der Waals surface area contributed by atoms with Crippen molar-refractivity contribution in [2.45, 2.75) is 46.3 Å². The molecular weight excluding hydrogens is 348 g/mol. The number of rotatable bonds is 5. The van der Waals surface area contributed by atoms with Crippen LogP contribution in [0.1, 0.15) is 45.8 Å². The number of hydrogen-bond donors (Lipinski definition) is 0. The second kappa shape index (κ2) is 7.82. The van der Waals surface area contributed by atoms with Crippen LogP contribution in [-0.2, 0) is 16.1 Å². The summed E-state index contributed by atoms with van der Waals surface area (Å²) in [5, 5.41) is 3.93. The standard InChI is InChI=1S/C20H24N2O5/c1-12-7-5-9-17(13(12)2)26-11-15-14(3)27-21-18(15)19(23)22-10-6-8-16(22)20(24)25-4/h5,7,9,16H,6,8,10-11H2,1-4H3. The monoisotopic (exact) mass is 372 g/mol. The molecule has 0 bridgehead atoms. The van der Waals surface area contributed by atoms with Gasteiger partial charge in [-0.15, -0.1) is 0 Å². The van der Waals surface area contributed by atoms with E-state index in [-0.39, 0.29) is 18.2 Å². The van der Waals surface area contributed by atoms with E-state index in [9.17, 15) is 9.59 Å². The molecule has 7 nitrogen and oxygen atoms in total. The van der Waals surface area contributed by atoms with Crippen molar-refractivity contribution in [1.29, 1.82) is 0 Å². The number of aromatic nitrogens is 1. The fraction of sp³-hybridized carbons (Fsp3) is 0.450. The maximum absolute atomic E-state index is 13.0. The second-order valence-electron chi connectivity index (χ2n) is 6.73. The van der Waals surface area contributed by atoms with Crippen LogP contribution in [0, 0.1) is 20.8 Å². The van der Waals surface area contributed by atoms with Crippen molar-refractivity contribution in [2.24, 2.45) is 0 Å². The lowest BCUT2D eigenvalue weighted by molar-refractivity contribution is -0.145. The van der Waals surface area contributed by atoms with Crippen molar-refractivity contribution in [1.82, 2.24) is 10.1 Å². The van der Waals surface area contributed by atoms with Crippen LogP contribution in [-0.4, -0.2) is 41.6 Å².